The van der Waals surface area contributed by atoms with Gasteiger partial charge in [-0.3, -0.25) is 9.67 Å². The predicted molar refractivity (Wildman–Crippen MR) is 93.0 cm³/mol. The number of halogens is 3. The smallest absolute Gasteiger partial charge is 0.396 e. The number of anilines is 1. The van der Waals surface area contributed by atoms with Crippen LogP contribution in [0.2, 0.25) is 0 Å². The fourth-order valence-electron chi connectivity index (χ4n) is 2.99. The van der Waals surface area contributed by atoms with Gasteiger partial charge in [0.05, 0.1) is 16.9 Å². The molecule has 4 heterocycles. The van der Waals surface area contributed by atoms with Gasteiger partial charge in [0.1, 0.15) is 0 Å². The second-order valence-electron chi connectivity index (χ2n) is 6.32. The third kappa shape index (κ3) is 3.04. The first-order valence-corrected chi connectivity index (χ1v) is 8.17. The van der Waals surface area contributed by atoms with Crippen molar-refractivity contribution in [1.82, 2.24) is 30.1 Å². The lowest BCUT2D eigenvalue weighted by Crippen LogP contribution is -2.08. The summed E-state index contributed by atoms with van der Waals surface area (Å²) in [7, 11) is 1.43. The number of pyridine rings is 2. The number of hydrogen-bond acceptors (Lipinski definition) is 7. The van der Waals surface area contributed by atoms with Crippen LogP contribution in [-0.2, 0) is 19.6 Å². The summed E-state index contributed by atoms with van der Waals surface area (Å²) in [5.74, 6) is 0. The van der Waals surface area contributed by atoms with Crippen LogP contribution in [0.4, 0.5) is 18.9 Å². The fraction of sp³-hybridized carbons (Fsp3) is 0.235. The van der Waals surface area contributed by atoms with Gasteiger partial charge in [-0.15, -0.1) is 0 Å². The van der Waals surface area contributed by atoms with Crippen molar-refractivity contribution in [3.05, 3.63) is 47.0 Å². The Morgan fingerprint density at radius 1 is 1.21 bits per heavy atom. The van der Waals surface area contributed by atoms with Gasteiger partial charge in [0, 0.05) is 37.1 Å². The number of fused-ring (bicyclic) bond motifs is 1. The van der Waals surface area contributed by atoms with Gasteiger partial charge in [-0.2, -0.15) is 18.3 Å². The molecule has 4 aromatic heterocycles. The van der Waals surface area contributed by atoms with Crippen molar-refractivity contribution >= 4 is 16.9 Å². The van der Waals surface area contributed by atoms with E-state index >= 15 is 0 Å². The summed E-state index contributed by atoms with van der Waals surface area (Å²) in [5.41, 5.74) is 8.53. The zero-order valence-electron chi connectivity index (χ0n) is 14.8. The van der Waals surface area contributed by atoms with Gasteiger partial charge in [0.2, 0.25) is 5.65 Å². The highest BCUT2D eigenvalue weighted by atomic mass is 19.4. The van der Waals surface area contributed by atoms with E-state index in [1.807, 2.05) is 0 Å². The molecule has 0 unspecified atom stereocenters. The Morgan fingerprint density at radius 2 is 2.00 bits per heavy atom. The molecule has 0 saturated heterocycles. The van der Waals surface area contributed by atoms with Crippen LogP contribution in [0.1, 0.15) is 22.5 Å². The van der Waals surface area contributed by atoms with E-state index in [-0.39, 0.29) is 11.3 Å². The van der Waals surface area contributed by atoms with E-state index in [1.165, 1.54) is 25.5 Å². The second-order valence-corrected chi connectivity index (χ2v) is 6.32. The molecule has 0 saturated carbocycles. The number of rotatable bonds is 3. The van der Waals surface area contributed by atoms with E-state index < -0.39 is 11.9 Å². The summed E-state index contributed by atoms with van der Waals surface area (Å²) >= 11 is 0. The summed E-state index contributed by atoms with van der Waals surface area (Å²) in [6.07, 6.45) is -1.37. The third-order valence-corrected chi connectivity index (χ3v) is 4.34. The van der Waals surface area contributed by atoms with Gasteiger partial charge < -0.3 is 5.73 Å². The monoisotopic (exact) mass is 389 g/mol. The first-order chi connectivity index (χ1) is 13.2. The first-order valence-electron chi connectivity index (χ1n) is 8.17. The maximum atomic E-state index is 13.2. The Labute approximate surface area is 156 Å². The molecule has 4 rings (SSSR count). The van der Waals surface area contributed by atoms with Crippen molar-refractivity contribution in [2.75, 3.05) is 5.73 Å². The average molecular weight is 389 g/mol. The van der Waals surface area contributed by atoms with Crippen LogP contribution >= 0.6 is 0 Å². The minimum absolute atomic E-state index is 0.0750. The molecule has 0 aliphatic heterocycles. The molecule has 0 amide bonds. The van der Waals surface area contributed by atoms with E-state index in [4.69, 9.17) is 5.73 Å². The highest BCUT2D eigenvalue weighted by Gasteiger charge is 2.37. The molecule has 0 aliphatic carbocycles. The number of nitrogen functional groups attached to an aromatic ring is 1. The largest absolute Gasteiger partial charge is 0.435 e. The maximum absolute atomic E-state index is 13.2. The Bertz CT molecular complexity index is 1160. The lowest BCUT2D eigenvalue weighted by atomic mass is 10.0. The van der Waals surface area contributed by atoms with Crippen LogP contribution in [0.3, 0.4) is 0 Å². The molecule has 0 radical (unpaired) electrons. The Hall–Kier alpha value is -3.50. The topological polar surface area (TPSA) is 109 Å². The molecule has 4 aromatic rings. The highest BCUT2D eigenvalue weighted by Crippen LogP contribution is 2.35. The summed E-state index contributed by atoms with van der Waals surface area (Å²) in [5, 5.41) is 10.9. The number of aromatic nitrogens is 6. The van der Waals surface area contributed by atoms with Gasteiger partial charge in [0.15, 0.2) is 11.2 Å². The molecular formula is C17H14F3N7O. The van der Waals surface area contributed by atoms with Crippen LogP contribution < -0.4 is 5.73 Å². The van der Waals surface area contributed by atoms with Crippen LogP contribution in [0.25, 0.3) is 22.4 Å². The maximum Gasteiger partial charge on any atom is 0.435 e. The molecule has 0 fully saturated rings. The number of aryl methyl sites for hydroxylation is 2. The summed E-state index contributed by atoms with van der Waals surface area (Å²) < 4.78 is 45.3. The molecule has 28 heavy (non-hydrogen) atoms. The first kappa shape index (κ1) is 17.9. The van der Waals surface area contributed by atoms with Crippen LogP contribution in [0.5, 0.6) is 0 Å². The molecule has 0 spiro atoms. The van der Waals surface area contributed by atoms with Gasteiger partial charge in [-0.1, -0.05) is 6.07 Å². The molecule has 8 nitrogen and oxygen atoms in total. The van der Waals surface area contributed by atoms with Crippen molar-refractivity contribution in [3.63, 3.8) is 0 Å². The number of alkyl halides is 3. The molecule has 0 aromatic carbocycles. The molecule has 0 aliphatic rings. The van der Waals surface area contributed by atoms with E-state index in [2.05, 4.69) is 30.0 Å². The zero-order chi connectivity index (χ0) is 20.1. The minimum Gasteiger partial charge on any atom is -0.396 e. The number of nitrogens with two attached hydrogens (primary N) is 1. The molecule has 2 N–H and O–H groups in total. The predicted octanol–water partition coefficient (Wildman–Crippen LogP) is 2.91. The second kappa shape index (κ2) is 6.29. The standard InChI is InChI=1S/C17H14F3N7O/c1-8-10(13(21)14-16(23-8)26-28-25-14)5-9-3-4-12(22-6-9)11-7-27(2)24-15(11)17(18,19)20/h3-4,6-7H,5,21H2,1-2H3. The van der Waals surface area contributed by atoms with Gasteiger partial charge in [-0.05, 0) is 28.9 Å². The summed E-state index contributed by atoms with van der Waals surface area (Å²) in [6.45, 7) is 1.78. The van der Waals surface area contributed by atoms with Crippen LogP contribution in [0.15, 0.2) is 29.2 Å². The highest BCUT2D eigenvalue weighted by molar-refractivity contribution is 5.85. The lowest BCUT2D eigenvalue weighted by molar-refractivity contribution is -0.141. The Morgan fingerprint density at radius 3 is 2.68 bits per heavy atom. The van der Waals surface area contributed by atoms with Gasteiger partial charge in [-0.25, -0.2) is 9.61 Å². The van der Waals surface area contributed by atoms with E-state index in [0.29, 0.717) is 29.0 Å². The normalized spacial score (nSPS) is 12.0. The summed E-state index contributed by atoms with van der Waals surface area (Å²) in [4.78, 5) is 8.48. The molecule has 0 bridgehead atoms. The molecule has 144 valence electrons. The van der Waals surface area contributed by atoms with Crippen LogP contribution in [-0.4, -0.2) is 30.1 Å². The van der Waals surface area contributed by atoms with Crippen molar-refractivity contribution in [1.29, 1.82) is 0 Å². The van der Waals surface area contributed by atoms with Crippen molar-refractivity contribution in [2.45, 2.75) is 19.5 Å². The fourth-order valence-corrected chi connectivity index (χ4v) is 2.99. The minimum atomic E-state index is -4.56. The Kier molecular flexibility index (Phi) is 4.02. The SMILES string of the molecule is Cc1nc2nonc2c(N)c1Cc1ccc(-c2cn(C)nc2C(F)(F)F)nc1. The molecule has 11 heteroatoms. The van der Waals surface area contributed by atoms with Crippen molar-refractivity contribution in [3.8, 4) is 11.3 Å². The van der Waals surface area contributed by atoms with Crippen molar-refractivity contribution in [2.24, 2.45) is 7.05 Å². The van der Waals surface area contributed by atoms with E-state index in [0.717, 1.165) is 15.8 Å². The summed E-state index contributed by atoms with van der Waals surface area (Å²) in [6, 6.07) is 3.22. The van der Waals surface area contributed by atoms with E-state index in [9.17, 15) is 13.2 Å². The third-order valence-electron chi connectivity index (χ3n) is 4.34. The molecule has 0 atom stereocenters. The number of nitrogens with zero attached hydrogens (tertiary/aromatic N) is 6. The quantitative estimate of drug-likeness (QED) is 0.574. The van der Waals surface area contributed by atoms with E-state index in [1.54, 1.807) is 13.0 Å². The zero-order valence-corrected chi connectivity index (χ0v) is 14.8. The van der Waals surface area contributed by atoms with Gasteiger partial charge >= 0.3 is 6.18 Å². The van der Waals surface area contributed by atoms with Crippen LogP contribution in [0, 0.1) is 6.92 Å². The van der Waals surface area contributed by atoms with Gasteiger partial charge in [0.25, 0.3) is 0 Å². The Balaban J connectivity index is 1.67. The molecular weight excluding hydrogens is 375 g/mol. The lowest BCUT2D eigenvalue weighted by Gasteiger charge is -2.09. The number of hydrogen-bond donors (Lipinski definition) is 1. The average Bonchev–Trinajstić information content (AvgIpc) is 3.25. The van der Waals surface area contributed by atoms with Crippen molar-refractivity contribution < 1.29 is 17.8 Å².